The smallest absolute Gasteiger partial charge is 0.0633 e. The maximum absolute atomic E-state index is 8.93. The predicted octanol–water partition coefficient (Wildman–Crippen LogP) is 4.77. The number of oxime groups is 1. The first-order chi connectivity index (χ1) is 11.9. The number of nitrogens with zero attached hydrogens (tertiary/aromatic N) is 1. The summed E-state index contributed by atoms with van der Waals surface area (Å²) in [6.45, 7) is 0. The Morgan fingerprint density at radius 2 is 1.28 bits per heavy atom. The molecule has 8 aliphatic rings. The molecule has 25 heavy (non-hydrogen) atoms. The lowest BCUT2D eigenvalue weighted by atomic mass is 9.54. The van der Waals surface area contributed by atoms with Crippen LogP contribution >= 0.6 is 23.2 Å². The molecule has 0 saturated heterocycles. The van der Waals surface area contributed by atoms with Gasteiger partial charge < -0.3 is 10.9 Å². The van der Waals surface area contributed by atoms with Gasteiger partial charge in [0.15, 0.2) is 0 Å². The van der Waals surface area contributed by atoms with Crippen molar-refractivity contribution in [1.82, 2.24) is 0 Å². The Kier molecular flexibility index (Phi) is 3.94. The number of nitrogens with two attached hydrogens (primary N) is 1. The summed E-state index contributed by atoms with van der Waals surface area (Å²) in [4.78, 5) is 0.233. The van der Waals surface area contributed by atoms with Crippen LogP contribution < -0.4 is 5.73 Å². The topological polar surface area (TPSA) is 58.6 Å². The van der Waals surface area contributed by atoms with Crippen LogP contribution in [0.5, 0.6) is 0 Å². The molecule has 0 heterocycles. The van der Waals surface area contributed by atoms with Crippen molar-refractivity contribution >= 4 is 28.9 Å². The Labute approximate surface area is 160 Å². The highest BCUT2D eigenvalue weighted by Crippen LogP contribution is 2.58. The number of halogens is 2. The van der Waals surface area contributed by atoms with E-state index in [4.69, 9.17) is 34.1 Å². The summed E-state index contributed by atoms with van der Waals surface area (Å²) in [6, 6.07) is 0.480. The summed E-state index contributed by atoms with van der Waals surface area (Å²) < 4.78 is 0. The summed E-state index contributed by atoms with van der Waals surface area (Å²) in [5.41, 5.74) is 7.22. The normalized spacial score (nSPS) is 57.4. The van der Waals surface area contributed by atoms with Gasteiger partial charge in [-0.05, 0) is 87.9 Å². The van der Waals surface area contributed by atoms with Crippen molar-refractivity contribution in [2.75, 3.05) is 0 Å². The molecule has 4 unspecified atom stereocenters. The lowest BCUT2D eigenvalue weighted by Gasteiger charge is -2.56. The summed E-state index contributed by atoms with van der Waals surface area (Å²) in [7, 11) is 0. The third-order valence-electron chi connectivity index (χ3n) is 8.34. The Morgan fingerprint density at radius 3 is 1.72 bits per heavy atom. The zero-order valence-corrected chi connectivity index (χ0v) is 16.4. The fourth-order valence-corrected chi connectivity index (χ4v) is 9.00. The molecule has 8 fully saturated rings. The zero-order chi connectivity index (χ0) is 17.4. The average molecular weight is 385 g/mol. The first-order valence-corrected chi connectivity index (χ1v) is 11.0. The van der Waals surface area contributed by atoms with Crippen LogP contribution in [-0.2, 0) is 0 Å². The molecule has 0 aliphatic heterocycles. The summed E-state index contributed by atoms with van der Waals surface area (Å²) in [6.07, 6.45) is 12.1. The highest BCUT2D eigenvalue weighted by molar-refractivity contribution is 6.25. The molecule has 3 nitrogen and oxygen atoms in total. The summed E-state index contributed by atoms with van der Waals surface area (Å²) >= 11 is 13.1. The van der Waals surface area contributed by atoms with E-state index in [1.165, 1.54) is 51.4 Å². The maximum Gasteiger partial charge on any atom is 0.0633 e. The molecule has 8 saturated carbocycles. The number of hydrogen-bond donors (Lipinski definition) is 2. The van der Waals surface area contributed by atoms with Crippen LogP contribution in [-0.4, -0.2) is 26.7 Å². The second kappa shape index (κ2) is 5.75. The Morgan fingerprint density at radius 1 is 0.800 bits per heavy atom. The van der Waals surface area contributed by atoms with Crippen molar-refractivity contribution < 1.29 is 5.21 Å². The van der Waals surface area contributed by atoms with Crippen LogP contribution in [0.3, 0.4) is 0 Å². The van der Waals surface area contributed by atoms with E-state index in [1.54, 1.807) is 0 Å². The molecule has 3 N–H and O–H groups in total. The van der Waals surface area contributed by atoms with Gasteiger partial charge in [0, 0.05) is 27.6 Å². The molecule has 0 aromatic rings. The Balaban J connectivity index is 0.000000112. The minimum Gasteiger partial charge on any atom is -0.411 e. The van der Waals surface area contributed by atoms with E-state index in [2.05, 4.69) is 5.16 Å². The van der Waals surface area contributed by atoms with Gasteiger partial charge in [-0.1, -0.05) is 5.16 Å². The van der Waals surface area contributed by atoms with Gasteiger partial charge in [-0.25, -0.2) is 0 Å². The van der Waals surface area contributed by atoms with Crippen LogP contribution in [0.4, 0.5) is 0 Å². The quantitative estimate of drug-likeness (QED) is 0.359. The van der Waals surface area contributed by atoms with E-state index >= 15 is 0 Å². The molecule has 140 valence electrons. The van der Waals surface area contributed by atoms with E-state index in [-0.39, 0.29) is 9.75 Å². The van der Waals surface area contributed by atoms with Crippen molar-refractivity contribution in [2.45, 2.75) is 80.0 Å². The van der Waals surface area contributed by atoms with Crippen molar-refractivity contribution in [3.05, 3.63) is 0 Å². The molecular weight excluding hydrogens is 355 g/mol. The molecule has 0 radical (unpaired) electrons. The molecule has 4 atom stereocenters. The van der Waals surface area contributed by atoms with Crippen molar-refractivity contribution in [3.63, 3.8) is 0 Å². The fourth-order valence-electron chi connectivity index (χ4n) is 7.80. The van der Waals surface area contributed by atoms with Gasteiger partial charge >= 0.3 is 0 Å². The van der Waals surface area contributed by atoms with E-state index in [0.717, 1.165) is 42.2 Å². The molecular formula is C20H30Cl2N2O. The van der Waals surface area contributed by atoms with Crippen molar-refractivity contribution in [1.29, 1.82) is 0 Å². The van der Waals surface area contributed by atoms with Gasteiger partial charge in [-0.2, -0.15) is 0 Å². The SMILES string of the molecule is NC1C2CC3CC1CC(Cl)(C3)C2.ON=C1C2CC3CC1CC(Cl)(C3)C2. The molecule has 8 rings (SSSR count). The van der Waals surface area contributed by atoms with Crippen molar-refractivity contribution in [2.24, 2.45) is 46.4 Å². The van der Waals surface area contributed by atoms with Gasteiger partial charge in [0.25, 0.3) is 0 Å². The zero-order valence-electron chi connectivity index (χ0n) is 14.8. The average Bonchev–Trinajstić information content (AvgIpc) is 2.50. The number of hydrogen-bond acceptors (Lipinski definition) is 3. The maximum atomic E-state index is 8.93. The second-order valence-electron chi connectivity index (χ2n) is 10.2. The lowest BCUT2D eigenvalue weighted by Crippen LogP contribution is -2.57. The van der Waals surface area contributed by atoms with Gasteiger partial charge in [-0.3, -0.25) is 0 Å². The van der Waals surface area contributed by atoms with Crippen LogP contribution in [0.2, 0.25) is 0 Å². The highest BCUT2D eigenvalue weighted by atomic mass is 35.5. The van der Waals surface area contributed by atoms with Crippen LogP contribution in [0, 0.1) is 35.5 Å². The number of rotatable bonds is 0. The monoisotopic (exact) mass is 384 g/mol. The molecule has 0 aromatic carbocycles. The summed E-state index contributed by atoms with van der Waals surface area (Å²) in [5, 5.41) is 12.4. The minimum absolute atomic E-state index is 0.0602. The minimum atomic E-state index is 0.0602. The van der Waals surface area contributed by atoms with Gasteiger partial charge in [0.1, 0.15) is 0 Å². The lowest BCUT2D eigenvalue weighted by molar-refractivity contribution is 0.0144. The van der Waals surface area contributed by atoms with Crippen LogP contribution in [0.25, 0.3) is 0 Å². The standard InChI is InChI=1S/C10H14ClNO.C10H16ClN/c11-10-3-6-1-7(4-10)9(12-13)8(2-6)5-10;11-10-3-6-1-7(4-10)9(12)8(2-6)5-10/h6-8,13H,1-5H2;6-9H,1-5,12H2. The highest BCUT2D eigenvalue weighted by Gasteiger charge is 2.54. The Hall–Kier alpha value is 0.01000. The van der Waals surface area contributed by atoms with E-state index < -0.39 is 0 Å². The first-order valence-electron chi connectivity index (χ1n) is 10.2. The van der Waals surface area contributed by atoms with Crippen LogP contribution in [0.1, 0.15) is 64.2 Å². The third kappa shape index (κ3) is 2.84. The Bertz CT molecular complexity index is 560. The second-order valence-corrected chi connectivity index (χ2v) is 11.8. The van der Waals surface area contributed by atoms with Crippen LogP contribution in [0.15, 0.2) is 5.16 Å². The van der Waals surface area contributed by atoms with Gasteiger partial charge in [0.2, 0.25) is 0 Å². The first kappa shape index (κ1) is 17.1. The van der Waals surface area contributed by atoms with E-state index in [1.807, 2.05) is 0 Å². The van der Waals surface area contributed by atoms with Gasteiger partial charge in [-0.15, -0.1) is 23.2 Å². The third-order valence-corrected chi connectivity index (χ3v) is 9.26. The molecule has 0 amide bonds. The molecule has 5 heteroatoms. The van der Waals surface area contributed by atoms with Crippen molar-refractivity contribution in [3.8, 4) is 0 Å². The largest absolute Gasteiger partial charge is 0.411 e. The molecule has 0 aromatic heterocycles. The molecule has 0 spiro atoms. The van der Waals surface area contributed by atoms with E-state index in [9.17, 15) is 0 Å². The van der Waals surface area contributed by atoms with Gasteiger partial charge in [0.05, 0.1) is 5.71 Å². The molecule has 8 aliphatic carbocycles. The van der Waals surface area contributed by atoms with E-state index in [0.29, 0.717) is 17.9 Å². The summed E-state index contributed by atoms with van der Waals surface area (Å²) in [5.74, 6) is 4.23. The predicted molar refractivity (Wildman–Crippen MR) is 101 cm³/mol. The molecule has 8 bridgehead atoms. The fraction of sp³-hybridized carbons (Fsp3) is 0.950. The number of alkyl halides is 2.